The summed E-state index contributed by atoms with van der Waals surface area (Å²) < 4.78 is 5.72. The summed E-state index contributed by atoms with van der Waals surface area (Å²) in [6, 6.07) is 7.88. The molecule has 6 heteroatoms. The Hall–Kier alpha value is -1.75. The molecule has 1 heterocycles. The van der Waals surface area contributed by atoms with Gasteiger partial charge in [-0.15, -0.1) is 11.6 Å². The minimum Gasteiger partial charge on any atom is -0.483 e. The summed E-state index contributed by atoms with van der Waals surface area (Å²) in [5.41, 5.74) is 0.526. The largest absolute Gasteiger partial charge is 0.483 e. The summed E-state index contributed by atoms with van der Waals surface area (Å²) in [5, 5.41) is 3.05. The highest BCUT2D eigenvalue weighted by Crippen LogP contribution is 2.20. The van der Waals surface area contributed by atoms with Crippen molar-refractivity contribution in [2.75, 3.05) is 25.6 Å². The molecule has 1 aliphatic rings. The molecule has 5 nitrogen and oxygen atoms in total. The van der Waals surface area contributed by atoms with Gasteiger partial charge in [0.15, 0.2) is 6.61 Å². The second kappa shape index (κ2) is 9.26. The number of alkyl halides is 1. The molecule has 144 valence electrons. The lowest BCUT2D eigenvalue weighted by Crippen LogP contribution is -2.50. The van der Waals surface area contributed by atoms with Crippen molar-refractivity contribution in [1.82, 2.24) is 10.2 Å². The number of aryl methyl sites for hydroxylation is 1. The number of hydrogen-bond donors (Lipinski definition) is 1. The maximum atomic E-state index is 12.4. The van der Waals surface area contributed by atoms with Crippen molar-refractivity contribution in [1.29, 1.82) is 0 Å². The number of halogens is 1. The van der Waals surface area contributed by atoms with E-state index >= 15 is 0 Å². The van der Waals surface area contributed by atoms with Crippen molar-refractivity contribution in [2.24, 2.45) is 5.41 Å². The van der Waals surface area contributed by atoms with Crippen LogP contribution in [0.4, 0.5) is 0 Å². The van der Waals surface area contributed by atoms with Crippen LogP contribution >= 0.6 is 11.6 Å². The third kappa shape index (κ3) is 5.37. The zero-order chi connectivity index (χ0) is 19.2. The Morgan fingerprint density at radius 2 is 1.92 bits per heavy atom. The number of carbonyl (C=O) groups is 2. The number of piperidine rings is 1. The molecule has 1 aliphatic heterocycles. The van der Waals surface area contributed by atoms with Crippen LogP contribution in [0.1, 0.15) is 39.2 Å². The van der Waals surface area contributed by atoms with Gasteiger partial charge in [-0.05, 0) is 44.7 Å². The molecule has 2 rings (SSSR count). The van der Waals surface area contributed by atoms with E-state index in [1.807, 2.05) is 43.0 Å². The summed E-state index contributed by atoms with van der Waals surface area (Å²) >= 11 is 5.85. The Kier molecular flexibility index (Phi) is 7.33. The SMILES string of the molecule is CCc1ccccc1OCC(=O)N1CCC(NC(=O)C(C)(C)CCl)CC1. The fourth-order valence-electron chi connectivity index (χ4n) is 2.88. The lowest BCUT2D eigenvalue weighted by Gasteiger charge is -2.34. The van der Waals surface area contributed by atoms with Crippen LogP contribution in [0.5, 0.6) is 5.75 Å². The first-order valence-electron chi connectivity index (χ1n) is 9.22. The molecule has 0 aliphatic carbocycles. The minimum absolute atomic E-state index is 0.0122. The maximum absolute atomic E-state index is 12.4. The van der Waals surface area contributed by atoms with Crippen molar-refractivity contribution in [3.8, 4) is 5.75 Å². The van der Waals surface area contributed by atoms with E-state index in [1.54, 1.807) is 0 Å². The number of ether oxygens (including phenoxy) is 1. The van der Waals surface area contributed by atoms with E-state index in [0.29, 0.717) is 13.1 Å². The summed E-state index contributed by atoms with van der Waals surface area (Å²) in [5.74, 6) is 1.01. The van der Waals surface area contributed by atoms with Crippen LogP contribution in [0.15, 0.2) is 24.3 Å². The van der Waals surface area contributed by atoms with Crippen molar-refractivity contribution in [3.05, 3.63) is 29.8 Å². The van der Waals surface area contributed by atoms with Crippen LogP contribution in [0.2, 0.25) is 0 Å². The number of rotatable bonds is 7. The lowest BCUT2D eigenvalue weighted by atomic mass is 9.93. The van der Waals surface area contributed by atoms with Crippen LogP contribution in [0, 0.1) is 5.41 Å². The molecular weight excluding hydrogens is 352 g/mol. The van der Waals surface area contributed by atoms with Crippen LogP contribution < -0.4 is 10.1 Å². The summed E-state index contributed by atoms with van der Waals surface area (Å²) in [4.78, 5) is 26.4. The zero-order valence-corrected chi connectivity index (χ0v) is 16.6. The van der Waals surface area contributed by atoms with E-state index in [0.717, 1.165) is 30.6 Å². The van der Waals surface area contributed by atoms with Gasteiger partial charge in [0.05, 0.1) is 5.41 Å². The third-order valence-electron chi connectivity index (χ3n) is 4.84. The maximum Gasteiger partial charge on any atom is 0.260 e. The molecule has 1 saturated heterocycles. The smallest absolute Gasteiger partial charge is 0.260 e. The van der Waals surface area contributed by atoms with Gasteiger partial charge in [0.25, 0.3) is 5.91 Å². The van der Waals surface area contributed by atoms with Gasteiger partial charge in [-0.1, -0.05) is 25.1 Å². The second-order valence-electron chi connectivity index (χ2n) is 7.40. The minimum atomic E-state index is -0.574. The van der Waals surface area contributed by atoms with Crippen molar-refractivity contribution in [3.63, 3.8) is 0 Å². The van der Waals surface area contributed by atoms with Crippen LogP contribution in [0.3, 0.4) is 0 Å². The van der Waals surface area contributed by atoms with Gasteiger partial charge in [-0.3, -0.25) is 9.59 Å². The van der Waals surface area contributed by atoms with Crippen LogP contribution in [-0.4, -0.2) is 48.3 Å². The fraction of sp³-hybridized carbons (Fsp3) is 0.600. The summed E-state index contributed by atoms with van der Waals surface area (Å²) in [7, 11) is 0. The topological polar surface area (TPSA) is 58.6 Å². The molecule has 2 amide bonds. The number of likely N-dealkylation sites (tertiary alicyclic amines) is 1. The van der Waals surface area contributed by atoms with Gasteiger partial charge < -0.3 is 15.0 Å². The standard InChI is InChI=1S/C20H29ClN2O3/c1-4-15-7-5-6-8-17(15)26-13-18(24)23-11-9-16(10-12-23)22-19(25)20(2,3)14-21/h5-8,16H,4,9-14H2,1-3H3,(H,22,25). The highest BCUT2D eigenvalue weighted by molar-refractivity contribution is 6.19. The van der Waals surface area contributed by atoms with E-state index in [1.165, 1.54) is 0 Å². The number of hydrogen-bond acceptors (Lipinski definition) is 3. The van der Waals surface area contributed by atoms with E-state index in [9.17, 15) is 9.59 Å². The predicted molar refractivity (Wildman–Crippen MR) is 104 cm³/mol. The fourth-order valence-corrected chi connectivity index (χ4v) is 3.00. The molecule has 26 heavy (non-hydrogen) atoms. The molecule has 1 aromatic rings. The van der Waals surface area contributed by atoms with Crippen molar-refractivity contribution < 1.29 is 14.3 Å². The quantitative estimate of drug-likeness (QED) is 0.740. The number of nitrogens with zero attached hydrogens (tertiary/aromatic N) is 1. The molecule has 0 radical (unpaired) electrons. The molecular formula is C20H29ClN2O3. The van der Waals surface area contributed by atoms with Gasteiger partial charge in [-0.2, -0.15) is 0 Å². The third-order valence-corrected chi connectivity index (χ3v) is 5.50. The molecule has 0 unspecified atom stereocenters. The Morgan fingerprint density at radius 3 is 2.54 bits per heavy atom. The van der Waals surface area contributed by atoms with Gasteiger partial charge in [-0.25, -0.2) is 0 Å². The molecule has 1 fully saturated rings. The molecule has 1 N–H and O–H groups in total. The highest BCUT2D eigenvalue weighted by Gasteiger charge is 2.30. The Bertz CT molecular complexity index is 625. The zero-order valence-electron chi connectivity index (χ0n) is 15.9. The Balaban J connectivity index is 1.78. The molecule has 0 saturated carbocycles. The monoisotopic (exact) mass is 380 g/mol. The predicted octanol–water partition coefficient (Wildman–Crippen LogP) is 3.00. The number of benzene rings is 1. The first-order chi connectivity index (χ1) is 12.4. The van der Waals surface area contributed by atoms with Crippen molar-refractivity contribution >= 4 is 23.4 Å². The van der Waals surface area contributed by atoms with E-state index in [4.69, 9.17) is 16.3 Å². The van der Waals surface area contributed by atoms with Gasteiger partial charge >= 0.3 is 0 Å². The van der Waals surface area contributed by atoms with Gasteiger partial charge in [0.1, 0.15) is 5.75 Å². The lowest BCUT2D eigenvalue weighted by molar-refractivity contribution is -0.134. The molecule has 1 aromatic carbocycles. The summed E-state index contributed by atoms with van der Waals surface area (Å²) in [6.07, 6.45) is 2.37. The van der Waals surface area contributed by atoms with E-state index < -0.39 is 5.41 Å². The van der Waals surface area contributed by atoms with Crippen molar-refractivity contribution in [2.45, 2.75) is 46.1 Å². The number of nitrogens with one attached hydrogen (secondary N) is 1. The number of carbonyl (C=O) groups excluding carboxylic acids is 2. The molecule has 0 aromatic heterocycles. The normalized spacial score (nSPS) is 15.6. The average molecular weight is 381 g/mol. The number of amides is 2. The first kappa shape index (κ1) is 20.6. The van der Waals surface area contributed by atoms with Gasteiger partial charge in [0, 0.05) is 25.0 Å². The summed E-state index contributed by atoms with van der Waals surface area (Å²) in [6.45, 7) is 7.04. The number of para-hydroxylation sites is 1. The Labute approximate surface area is 161 Å². The van der Waals surface area contributed by atoms with Gasteiger partial charge in [0.2, 0.25) is 5.91 Å². The van der Waals surface area contributed by atoms with Crippen LogP contribution in [-0.2, 0) is 16.0 Å². The average Bonchev–Trinajstić information content (AvgIpc) is 2.66. The molecule has 0 bridgehead atoms. The molecule has 0 atom stereocenters. The molecule has 0 spiro atoms. The first-order valence-corrected chi connectivity index (χ1v) is 9.76. The Morgan fingerprint density at radius 1 is 1.27 bits per heavy atom. The van der Waals surface area contributed by atoms with E-state index in [-0.39, 0.29) is 30.3 Å². The second-order valence-corrected chi connectivity index (χ2v) is 7.66. The highest BCUT2D eigenvalue weighted by atomic mass is 35.5. The van der Waals surface area contributed by atoms with Crippen LogP contribution in [0.25, 0.3) is 0 Å². The van der Waals surface area contributed by atoms with E-state index in [2.05, 4.69) is 12.2 Å².